The molecule has 0 aromatic heterocycles. The second-order valence-corrected chi connectivity index (χ2v) is 5.93. The van der Waals surface area contributed by atoms with Crippen LogP contribution in [-0.4, -0.2) is 40.6 Å². The molecule has 0 bridgehead atoms. The molecule has 0 radical (unpaired) electrons. The summed E-state index contributed by atoms with van der Waals surface area (Å²) >= 11 is 0. The summed E-state index contributed by atoms with van der Waals surface area (Å²) in [4.78, 5) is 13.6. The summed E-state index contributed by atoms with van der Waals surface area (Å²) in [7, 11) is 0. The number of likely N-dealkylation sites (tertiary alicyclic amines) is 1. The van der Waals surface area contributed by atoms with Gasteiger partial charge in [-0.15, -0.1) is 0 Å². The molecule has 0 spiro atoms. The number of nitrogens with two attached hydrogens (primary N) is 1. The van der Waals surface area contributed by atoms with Gasteiger partial charge >= 0.3 is 5.97 Å². The van der Waals surface area contributed by atoms with Crippen LogP contribution in [0.25, 0.3) is 0 Å². The van der Waals surface area contributed by atoms with Gasteiger partial charge < -0.3 is 15.7 Å². The van der Waals surface area contributed by atoms with Crippen LogP contribution < -0.4 is 5.73 Å². The van der Waals surface area contributed by atoms with Gasteiger partial charge in [0.1, 0.15) is 5.54 Å². The molecule has 18 heavy (non-hydrogen) atoms. The van der Waals surface area contributed by atoms with Crippen molar-refractivity contribution >= 4 is 5.97 Å². The first-order chi connectivity index (χ1) is 8.39. The number of aliphatic carboxylic acids is 1. The first-order valence-corrected chi connectivity index (χ1v) is 7.15. The maximum atomic E-state index is 11.1. The van der Waals surface area contributed by atoms with Gasteiger partial charge in [0, 0.05) is 6.04 Å². The van der Waals surface area contributed by atoms with Crippen molar-refractivity contribution in [3.05, 3.63) is 0 Å². The number of piperidine rings is 1. The van der Waals surface area contributed by atoms with Crippen molar-refractivity contribution < 1.29 is 9.90 Å². The van der Waals surface area contributed by atoms with E-state index >= 15 is 0 Å². The molecule has 3 atom stereocenters. The smallest absolute Gasteiger partial charge is 0.323 e. The van der Waals surface area contributed by atoms with Gasteiger partial charge in [0.25, 0.3) is 0 Å². The van der Waals surface area contributed by atoms with Crippen LogP contribution in [0.2, 0.25) is 0 Å². The van der Waals surface area contributed by atoms with E-state index in [2.05, 4.69) is 18.7 Å². The SMILES string of the molecule is CCC(N)(CCCN1CCC(C)CC1C)C(=O)O. The van der Waals surface area contributed by atoms with E-state index in [9.17, 15) is 4.79 Å². The number of carbonyl (C=O) groups is 1. The molecule has 1 rings (SSSR count). The van der Waals surface area contributed by atoms with Crippen LogP contribution in [0.1, 0.15) is 52.9 Å². The summed E-state index contributed by atoms with van der Waals surface area (Å²) in [6, 6.07) is 0.618. The van der Waals surface area contributed by atoms with Crippen LogP contribution in [0.4, 0.5) is 0 Å². The monoisotopic (exact) mass is 256 g/mol. The van der Waals surface area contributed by atoms with E-state index in [1.165, 1.54) is 12.8 Å². The Hall–Kier alpha value is -0.610. The molecule has 0 saturated carbocycles. The fourth-order valence-electron chi connectivity index (χ4n) is 2.82. The zero-order chi connectivity index (χ0) is 13.8. The van der Waals surface area contributed by atoms with E-state index in [1.807, 2.05) is 6.92 Å². The van der Waals surface area contributed by atoms with E-state index in [1.54, 1.807) is 0 Å². The van der Waals surface area contributed by atoms with Crippen molar-refractivity contribution in [1.29, 1.82) is 0 Å². The summed E-state index contributed by atoms with van der Waals surface area (Å²) in [6.45, 7) is 8.53. The molecule has 1 heterocycles. The Morgan fingerprint density at radius 3 is 2.67 bits per heavy atom. The summed E-state index contributed by atoms with van der Waals surface area (Å²) in [5, 5.41) is 9.12. The molecule has 4 nitrogen and oxygen atoms in total. The standard InChI is InChI=1S/C14H28N2O2/c1-4-14(15,13(17)18)7-5-8-16-9-6-11(2)10-12(16)3/h11-12H,4-10,15H2,1-3H3,(H,17,18). The predicted molar refractivity (Wildman–Crippen MR) is 73.5 cm³/mol. The fourth-order valence-corrected chi connectivity index (χ4v) is 2.82. The zero-order valence-electron chi connectivity index (χ0n) is 12.0. The van der Waals surface area contributed by atoms with Gasteiger partial charge in [-0.1, -0.05) is 13.8 Å². The fraction of sp³-hybridized carbons (Fsp3) is 0.929. The third-order valence-electron chi connectivity index (χ3n) is 4.40. The van der Waals surface area contributed by atoms with Crippen LogP contribution in [-0.2, 0) is 4.79 Å². The van der Waals surface area contributed by atoms with Gasteiger partial charge in [-0.2, -0.15) is 0 Å². The first kappa shape index (κ1) is 15.4. The number of carboxylic acid groups (broad SMARTS) is 1. The van der Waals surface area contributed by atoms with E-state index in [4.69, 9.17) is 10.8 Å². The maximum Gasteiger partial charge on any atom is 0.323 e. The van der Waals surface area contributed by atoms with Crippen molar-refractivity contribution in [2.24, 2.45) is 11.7 Å². The molecule has 0 aromatic carbocycles. The quantitative estimate of drug-likeness (QED) is 0.763. The molecule has 106 valence electrons. The first-order valence-electron chi connectivity index (χ1n) is 7.15. The highest BCUT2D eigenvalue weighted by atomic mass is 16.4. The lowest BCUT2D eigenvalue weighted by Gasteiger charge is -2.37. The van der Waals surface area contributed by atoms with Crippen LogP contribution in [0, 0.1) is 5.92 Å². The minimum Gasteiger partial charge on any atom is -0.480 e. The van der Waals surface area contributed by atoms with Gasteiger partial charge in [-0.05, 0) is 58.0 Å². The largest absolute Gasteiger partial charge is 0.480 e. The van der Waals surface area contributed by atoms with Crippen LogP contribution in [0.5, 0.6) is 0 Å². The van der Waals surface area contributed by atoms with Crippen LogP contribution in [0.3, 0.4) is 0 Å². The second kappa shape index (κ2) is 6.53. The highest BCUT2D eigenvalue weighted by Crippen LogP contribution is 2.23. The van der Waals surface area contributed by atoms with Gasteiger partial charge in [-0.3, -0.25) is 4.79 Å². The third-order valence-corrected chi connectivity index (χ3v) is 4.40. The number of hydrogen-bond donors (Lipinski definition) is 2. The highest BCUT2D eigenvalue weighted by Gasteiger charge is 2.31. The minimum atomic E-state index is -1.04. The van der Waals surface area contributed by atoms with E-state index in [-0.39, 0.29) is 0 Å². The van der Waals surface area contributed by atoms with Crippen molar-refractivity contribution in [2.75, 3.05) is 13.1 Å². The molecule has 0 amide bonds. The molecular formula is C14H28N2O2. The predicted octanol–water partition coefficient (Wildman–Crippen LogP) is 2.08. The van der Waals surface area contributed by atoms with Gasteiger partial charge in [0.2, 0.25) is 0 Å². The molecule has 3 N–H and O–H groups in total. The molecule has 0 aliphatic carbocycles. The average molecular weight is 256 g/mol. The highest BCUT2D eigenvalue weighted by molar-refractivity contribution is 5.78. The van der Waals surface area contributed by atoms with Crippen molar-refractivity contribution in [3.8, 4) is 0 Å². The molecule has 1 fully saturated rings. The third kappa shape index (κ3) is 3.95. The summed E-state index contributed by atoms with van der Waals surface area (Å²) in [5.41, 5.74) is 4.86. The van der Waals surface area contributed by atoms with E-state index < -0.39 is 11.5 Å². The number of carboxylic acids is 1. The van der Waals surface area contributed by atoms with Crippen molar-refractivity contribution in [1.82, 2.24) is 4.90 Å². The molecule has 3 unspecified atom stereocenters. The van der Waals surface area contributed by atoms with E-state index in [0.717, 1.165) is 25.4 Å². The Bertz CT molecular complexity index is 283. The number of rotatable bonds is 6. The Kier molecular flexibility index (Phi) is 5.60. The average Bonchev–Trinajstić information content (AvgIpc) is 2.31. The lowest BCUT2D eigenvalue weighted by Crippen LogP contribution is -2.48. The molecular weight excluding hydrogens is 228 g/mol. The van der Waals surface area contributed by atoms with Gasteiger partial charge in [-0.25, -0.2) is 0 Å². The Labute approximate surface area is 111 Å². The Balaban J connectivity index is 2.35. The summed E-state index contributed by atoms with van der Waals surface area (Å²) in [5.74, 6) is -0.0511. The molecule has 1 saturated heterocycles. The van der Waals surface area contributed by atoms with Crippen LogP contribution >= 0.6 is 0 Å². The molecule has 0 aromatic rings. The molecule has 1 aliphatic rings. The number of hydrogen-bond acceptors (Lipinski definition) is 3. The lowest BCUT2D eigenvalue weighted by molar-refractivity contribution is -0.143. The number of nitrogens with zero attached hydrogens (tertiary/aromatic N) is 1. The topological polar surface area (TPSA) is 66.6 Å². The minimum absolute atomic E-state index is 0.495. The van der Waals surface area contributed by atoms with Crippen LogP contribution in [0.15, 0.2) is 0 Å². The Morgan fingerprint density at radius 2 is 2.17 bits per heavy atom. The molecule has 1 aliphatic heterocycles. The van der Waals surface area contributed by atoms with Crippen molar-refractivity contribution in [2.45, 2.75) is 64.5 Å². The molecule has 4 heteroatoms. The summed E-state index contributed by atoms with van der Waals surface area (Å²) in [6.07, 6.45) is 4.44. The van der Waals surface area contributed by atoms with Crippen molar-refractivity contribution in [3.63, 3.8) is 0 Å². The van der Waals surface area contributed by atoms with E-state index in [0.29, 0.717) is 18.9 Å². The summed E-state index contributed by atoms with van der Waals surface area (Å²) < 4.78 is 0. The maximum absolute atomic E-state index is 11.1. The van der Waals surface area contributed by atoms with Gasteiger partial charge in [0.05, 0.1) is 0 Å². The Morgan fingerprint density at radius 1 is 1.50 bits per heavy atom. The lowest BCUT2D eigenvalue weighted by atomic mass is 9.90. The normalized spacial score (nSPS) is 28.9. The zero-order valence-corrected chi connectivity index (χ0v) is 12.0. The van der Waals surface area contributed by atoms with Gasteiger partial charge in [0.15, 0.2) is 0 Å². The second-order valence-electron chi connectivity index (χ2n) is 5.93.